The Bertz CT molecular complexity index is 1710. The Hall–Kier alpha value is -3.57. The Morgan fingerprint density at radius 1 is 0.769 bits per heavy atom. The molecule has 0 aliphatic heterocycles. The molecule has 0 saturated heterocycles. The minimum Gasteiger partial charge on any atom is -0.325 e. The Morgan fingerprint density at radius 2 is 1.41 bits per heavy atom. The molecular weight excluding hydrogens is 581 g/mol. The highest BCUT2D eigenvalue weighted by atomic mass is 35.5. The number of hydrogen-bond acceptors (Lipinski definition) is 5. The summed E-state index contributed by atoms with van der Waals surface area (Å²) in [6.07, 6.45) is 0. The van der Waals surface area contributed by atoms with Crippen LogP contribution in [0.5, 0.6) is 0 Å². The molecular formula is C27H23Cl2N3O5S2. The van der Waals surface area contributed by atoms with Gasteiger partial charge in [-0.1, -0.05) is 65.7 Å². The van der Waals surface area contributed by atoms with Gasteiger partial charge >= 0.3 is 0 Å². The molecule has 4 rings (SSSR count). The summed E-state index contributed by atoms with van der Waals surface area (Å²) in [5, 5.41) is 2.89. The molecule has 0 unspecified atom stereocenters. The van der Waals surface area contributed by atoms with Gasteiger partial charge in [0, 0.05) is 5.69 Å². The molecule has 0 atom stereocenters. The Labute approximate surface area is 237 Å². The molecule has 0 saturated carbocycles. The number of halogens is 2. The standard InChI is InChI=1S/C27H23Cl2N3O5S2/c1-19-8-5-6-13-25(19)32(39(36,37)22-9-3-2-4-10-22)18-26(33)30-20-14-16-21(17-15-20)38(34,35)31-24-12-7-11-23(28)27(24)29/h2-17,31H,18H2,1H3,(H,30,33). The van der Waals surface area contributed by atoms with Crippen molar-refractivity contribution in [3.05, 3.63) is 113 Å². The molecule has 0 aliphatic carbocycles. The highest BCUT2D eigenvalue weighted by Gasteiger charge is 2.28. The lowest BCUT2D eigenvalue weighted by Crippen LogP contribution is -2.38. The summed E-state index contributed by atoms with van der Waals surface area (Å²) in [6.45, 7) is 1.25. The second-order valence-corrected chi connectivity index (χ2v) is 12.7. The number of nitrogens with one attached hydrogen (secondary N) is 2. The molecule has 0 bridgehead atoms. The number of amides is 1. The van der Waals surface area contributed by atoms with E-state index in [-0.39, 0.29) is 31.2 Å². The van der Waals surface area contributed by atoms with Crippen LogP contribution in [0.2, 0.25) is 10.0 Å². The molecule has 4 aromatic rings. The number of anilines is 3. The number of sulfonamides is 2. The van der Waals surface area contributed by atoms with Crippen molar-refractivity contribution in [1.29, 1.82) is 0 Å². The van der Waals surface area contributed by atoms with Gasteiger partial charge in [-0.3, -0.25) is 13.8 Å². The molecule has 1 amide bonds. The number of benzene rings is 4. The average Bonchev–Trinajstić information content (AvgIpc) is 2.91. The third kappa shape index (κ3) is 6.54. The zero-order chi connectivity index (χ0) is 28.2. The van der Waals surface area contributed by atoms with Crippen molar-refractivity contribution >= 4 is 66.2 Å². The first-order valence-electron chi connectivity index (χ1n) is 11.5. The third-order valence-corrected chi connectivity index (χ3v) is 9.62. The molecule has 0 spiro atoms. The number of para-hydroxylation sites is 1. The van der Waals surface area contributed by atoms with E-state index in [0.717, 1.165) is 4.31 Å². The third-order valence-electron chi connectivity index (χ3n) is 5.65. The topological polar surface area (TPSA) is 113 Å². The Balaban J connectivity index is 1.54. The van der Waals surface area contributed by atoms with Crippen molar-refractivity contribution in [2.45, 2.75) is 16.7 Å². The van der Waals surface area contributed by atoms with Crippen LogP contribution in [0.1, 0.15) is 5.56 Å². The molecule has 12 heteroatoms. The van der Waals surface area contributed by atoms with Crippen molar-refractivity contribution < 1.29 is 21.6 Å². The summed E-state index contributed by atoms with van der Waals surface area (Å²) >= 11 is 12.0. The molecule has 0 radical (unpaired) electrons. The number of aryl methyl sites for hydroxylation is 1. The zero-order valence-electron chi connectivity index (χ0n) is 20.5. The van der Waals surface area contributed by atoms with Gasteiger partial charge < -0.3 is 5.32 Å². The van der Waals surface area contributed by atoms with Gasteiger partial charge in [-0.15, -0.1) is 0 Å². The van der Waals surface area contributed by atoms with Gasteiger partial charge in [0.2, 0.25) is 5.91 Å². The number of rotatable bonds is 9. The van der Waals surface area contributed by atoms with Crippen molar-refractivity contribution in [3.63, 3.8) is 0 Å². The fourth-order valence-corrected chi connectivity index (χ4v) is 6.68. The van der Waals surface area contributed by atoms with E-state index in [0.29, 0.717) is 11.3 Å². The van der Waals surface area contributed by atoms with Crippen molar-refractivity contribution in [1.82, 2.24) is 0 Å². The van der Waals surface area contributed by atoms with Crippen LogP contribution in [0.3, 0.4) is 0 Å². The van der Waals surface area contributed by atoms with Crippen LogP contribution in [0, 0.1) is 6.92 Å². The second-order valence-electron chi connectivity index (χ2n) is 8.39. The van der Waals surface area contributed by atoms with Crippen LogP contribution in [0.4, 0.5) is 17.1 Å². The second kappa shape index (κ2) is 11.7. The summed E-state index contributed by atoms with van der Waals surface area (Å²) in [5.74, 6) is -0.614. The van der Waals surface area contributed by atoms with Gasteiger partial charge in [-0.25, -0.2) is 16.8 Å². The summed E-state index contributed by atoms with van der Waals surface area (Å²) in [6, 6.07) is 24.6. The van der Waals surface area contributed by atoms with E-state index in [9.17, 15) is 21.6 Å². The summed E-state index contributed by atoms with van der Waals surface area (Å²) in [5.41, 5.74) is 1.44. The van der Waals surface area contributed by atoms with Gasteiger partial charge in [-0.2, -0.15) is 0 Å². The molecule has 2 N–H and O–H groups in total. The van der Waals surface area contributed by atoms with E-state index in [4.69, 9.17) is 23.2 Å². The molecule has 8 nitrogen and oxygen atoms in total. The minimum absolute atomic E-state index is 0.0444. The predicted molar refractivity (Wildman–Crippen MR) is 154 cm³/mol. The maximum atomic E-state index is 13.5. The van der Waals surface area contributed by atoms with Crippen LogP contribution in [0.15, 0.2) is 107 Å². The first-order valence-corrected chi connectivity index (χ1v) is 15.2. The predicted octanol–water partition coefficient (Wildman–Crippen LogP) is 5.94. The largest absolute Gasteiger partial charge is 0.325 e. The highest BCUT2D eigenvalue weighted by molar-refractivity contribution is 7.93. The van der Waals surface area contributed by atoms with Gasteiger partial charge in [0.1, 0.15) is 6.54 Å². The van der Waals surface area contributed by atoms with Gasteiger partial charge in [0.25, 0.3) is 20.0 Å². The molecule has 0 aliphatic rings. The summed E-state index contributed by atoms with van der Waals surface area (Å²) < 4.78 is 56.0. The number of carbonyl (C=O) groups excluding carboxylic acids is 1. The van der Waals surface area contributed by atoms with E-state index in [1.807, 2.05) is 0 Å². The van der Waals surface area contributed by atoms with Gasteiger partial charge in [0.05, 0.1) is 31.2 Å². The number of hydrogen-bond donors (Lipinski definition) is 2. The van der Waals surface area contributed by atoms with Crippen molar-refractivity contribution in [3.8, 4) is 0 Å². The first-order chi connectivity index (χ1) is 18.5. The van der Waals surface area contributed by atoms with E-state index < -0.39 is 32.5 Å². The Morgan fingerprint density at radius 3 is 2.08 bits per heavy atom. The zero-order valence-corrected chi connectivity index (χ0v) is 23.7. The maximum Gasteiger partial charge on any atom is 0.264 e. The van der Waals surface area contributed by atoms with Crippen LogP contribution in [-0.2, 0) is 24.8 Å². The van der Waals surface area contributed by atoms with E-state index in [2.05, 4.69) is 10.0 Å². The lowest BCUT2D eigenvalue weighted by atomic mass is 10.2. The Kier molecular flexibility index (Phi) is 8.51. The fourth-order valence-electron chi connectivity index (χ4n) is 3.70. The van der Waals surface area contributed by atoms with Crippen molar-refractivity contribution in [2.75, 3.05) is 20.9 Å². The maximum absolute atomic E-state index is 13.5. The number of carbonyl (C=O) groups is 1. The van der Waals surface area contributed by atoms with Gasteiger partial charge in [-0.05, 0) is 67.1 Å². The quantitative estimate of drug-likeness (QED) is 0.246. The van der Waals surface area contributed by atoms with Crippen LogP contribution in [0.25, 0.3) is 0 Å². The number of nitrogens with zero attached hydrogens (tertiary/aromatic N) is 1. The molecule has 0 heterocycles. The minimum atomic E-state index is -4.06. The fraction of sp³-hybridized carbons (Fsp3) is 0.0741. The SMILES string of the molecule is Cc1ccccc1N(CC(=O)Nc1ccc(S(=O)(=O)Nc2cccc(Cl)c2Cl)cc1)S(=O)(=O)c1ccccc1. The van der Waals surface area contributed by atoms with Crippen LogP contribution < -0.4 is 14.3 Å². The monoisotopic (exact) mass is 603 g/mol. The van der Waals surface area contributed by atoms with Crippen LogP contribution >= 0.6 is 23.2 Å². The lowest BCUT2D eigenvalue weighted by Gasteiger charge is -2.25. The highest BCUT2D eigenvalue weighted by Crippen LogP contribution is 2.31. The molecule has 0 aromatic heterocycles. The van der Waals surface area contributed by atoms with Crippen LogP contribution in [-0.4, -0.2) is 29.3 Å². The lowest BCUT2D eigenvalue weighted by molar-refractivity contribution is -0.114. The van der Waals surface area contributed by atoms with Crippen molar-refractivity contribution in [2.24, 2.45) is 0 Å². The molecule has 4 aromatic carbocycles. The first kappa shape index (κ1) is 28.4. The smallest absolute Gasteiger partial charge is 0.264 e. The van der Waals surface area contributed by atoms with E-state index in [1.54, 1.807) is 55.5 Å². The normalized spacial score (nSPS) is 11.6. The van der Waals surface area contributed by atoms with E-state index in [1.165, 1.54) is 48.5 Å². The average molecular weight is 605 g/mol. The molecule has 0 fully saturated rings. The van der Waals surface area contributed by atoms with E-state index >= 15 is 0 Å². The molecule has 202 valence electrons. The summed E-state index contributed by atoms with van der Waals surface area (Å²) in [4.78, 5) is 13.0. The molecule has 39 heavy (non-hydrogen) atoms. The van der Waals surface area contributed by atoms with Gasteiger partial charge in [0.15, 0.2) is 0 Å². The summed E-state index contributed by atoms with van der Waals surface area (Å²) in [7, 11) is -8.06.